The third-order valence-electron chi connectivity index (χ3n) is 4.71. The fraction of sp³-hybridized carbons (Fsp3) is 0.625. The van der Waals surface area contributed by atoms with Crippen molar-refractivity contribution in [2.75, 3.05) is 7.05 Å². The van der Waals surface area contributed by atoms with Crippen molar-refractivity contribution in [3.05, 3.63) is 22.4 Å². The molecule has 1 saturated carbocycles. The maximum Gasteiger partial charge on any atom is 0.226 e. The summed E-state index contributed by atoms with van der Waals surface area (Å²) in [7, 11) is 1.81. The van der Waals surface area contributed by atoms with Gasteiger partial charge in [0.05, 0.1) is 12.0 Å². The van der Waals surface area contributed by atoms with Gasteiger partial charge in [-0.15, -0.1) is 11.3 Å². The van der Waals surface area contributed by atoms with Crippen molar-refractivity contribution in [1.82, 2.24) is 10.2 Å². The molecule has 1 aromatic heterocycles. The lowest BCUT2D eigenvalue weighted by Gasteiger charge is -2.27. The Hall–Kier alpha value is -1.36. The summed E-state index contributed by atoms with van der Waals surface area (Å²) in [5.74, 6) is -0.127. The largest absolute Gasteiger partial charge is 0.353 e. The number of thiophene rings is 1. The minimum Gasteiger partial charge on any atom is -0.353 e. The first-order chi connectivity index (χ1) is 10.2. The summed E-state index contributed by atoms with van der Waals surface area (Å²) >= 11 is 1.62. The van der Waals surface area contributed by atoms with E-state index in [1.807, 2.05) is 17.5 Å². The fourth-order valence-corrected chi connectivity index (χ4v) is 4.44. The van der Waals surface area contributed by atoms with Crippen molar-refractivity contribution in [3.63, 3.8) is 0 Å². The Bertz CT molecular complexity index is 508. The molecule has 2 heterocycles. The first kappa shape index (κ1) is 14.6. The van der Waals surface area contributed by atoms with E-state index in [2.05, 4.69) is 5.32 Å². The summed E-state index contributed by atoms with van der Waals surface area (Å²) in [6, 6.07) is 4.20. The van der Waals surface area contributed by atoms with Gasteiger partial charge in [0.15, 0.2) is 0 Å². The lowest BCUT2D eigenvalue weighted by Crippen LogP contribution is -2.41. The van der Waals surface area contributed by atoms with Crippen LogP contribution in [0.4, 0.5) is 0 Å². The third kappa shape index (κ3) is 2.98. The van der Waals surface area contributed by atoms with Gasteiger partial charge in [-0.05, 0) is 24.3 Å². The molecule has 0 radical (unpaired) electrons. The van der Waals surface area contributed by atoms with E-state index in [4.69, 9.17) is 0 Å². The number of hydrogen-bond acceptors (Lipinski definition) is 3. The number of rotatable bonds is 3. The second-order valence-corrected chi connectivity index (χ2v) is 7.10. The van der Waals surface area contributed by atoms with Gasteiger partial charge in [0.2, 0.25) is 11.8 Å². The van der Waals surface area contributed by atoms with Crippen molar-refractivity contribution >= 4 is 23.2 Å². The molecular weight excluding hydrogens is 284 g/mol. The first-order valence-electron chi connectivity index (χ1n) is 7.76. The van der Waals surface area contributed by atoms with Crippen molar-refractivity contribution in [1.29, 1.82) is 0 Å². The number of nitrogens with zero attached hydrogens (tertiary/aromatic N) is 1. The van der Waals surface area contributed by atoms with Crippen LogP contribution >= 0.6 is 11.3 Å². The molecule has 4 nitrogen and oxygen atoms in total. The molecule has 21 heavy (non-hydrogen) atoms. The molecule has 1 saturated heterocycles. The Morgan fingerprint density at radius 1 is 1.33 bits per heavy atom. The number of amides is 2. The van der Waals surface area contributed by atoms with Crippen LogP contribution in [0, 0.1) is 5.92 Å². The van der Waals surface area contributed by atoms with Gasteiger partial charge in [0.1, 0.15) is 0 Å². The number of carbonyl (C=O) groups excluding carboxylic acids is 2. The predicted molar refractivity (Wildman–Crippen MR) is 83.0 cm³/mol. The van der Waals surface area contributed by atoms with Crippen LogP contribution in [0.15, 0.2) is 17.5 Å². The van der Waals surface area contributed by atoms with Gasteiger partial charge >= 0.3 is 0 Å². The summed E-state index contributed by atoms with van der Waals surface area (Å²) in [4.78, 5) is 27.5. The minimum absolute atomic E-state index is 0.0537. The van der Waals surface area contributed by atoms with Gasteiger partial charge < -0.3 is 10.2 Å². The number of hydrogen-bond donors (Lipinski definition) is 1. The van der Waals surface area contributed by atoms with Gasteiger partial charge in [0, 0.05) is 24.4 Å². The fourth-order valence-electron chi connectivity index (χ4n) is 3.51. The molecule has 1 aliphatic heterocycles. The van der Waals surface area contributed by atoms with Crippen LogP contribution in [-0.4, -0.2) is 29.8 Å². The Morgan fingerprint density at radius 2 is 2.10 bits per heavy atom. The Kier molecular flexibility index (Phi) is 4.29. The quantitative estimate of drug-likeness (QED) is 0.933. The van der Waals surface area contributed by atoms with Crippen LogP contribution in [-0.2, 0) is 9.59 Å². The zero-order valence-corrected chi connectivity index (χ0v) is 13.2. The van der Waals surface area contributed by atoms with Crippen LogP contribution in [0.3, 0.4) is 0 Å². The molecule has 3 rings (SSSR count). The summed E-state index contributed by atoms with van der Waals surface area (Å²) in [6.07, 6.45) is 6.15. The molecule has 0 spiro atoms. The normalized spacial score (nSPS) is 27.1. The number of likely N-dealkylation sites (tertiary alicyclic amines) is 1. The molecule has 0 aromatic carbocycles. The van der Waals surface area contributed by atoms with E-state index in [1.54, 1.807) is 23.3 Å². The molecule has 1 aromatic rings. The third-order valence-corrected chi connectivity index (χ3v) is 5.65. The van der Waals surface area contributed by atoms with Gasteiger partial charge in [-0.3, -0.25) is 9.59 Å². The Balaban J connectivity index is 1.72. The number of nitrogens with one attached hydrogen (secondary N) is 1. The smallest absolute Gasteiger partial charge is 0.226 e. The van der Waals surface area contributed by atoms with Crippen molar-refractivity contribution in [2.45, 2.75) is 50.6 Å². The first-order valence-corrected chi connectivity index (χ1v) is 8.64. The second-order valence-electron chi connectivity index (χ2n) is 6.12. The van der Waals surface area contributed by atoms with E-state index in [9.17, 15) is 9.59 Å². The van der Waals surface area contributed by atoms with Crippen LogP contribution in [0.2, 0.25) is 0 Å². The average molecular weight is 306 g/mol. The average Bonchev–Trinajstić information content (AvgIpc) is 3.09. The van der Waals surface area contributed by atoms with Crippen molar-refractivity contribution < 1.29 is 9.59 Å². The van der Waals surface area contributed by atoms with Crippen molar-refractivity contribution in [3.8, 4) is 0 Å². The van der Waals surface area contributed by atoms with Crippen LogP contribution in [0.5, 0.6) is 0 Å². The molecule has 2 aliphatic rings. The maximum absolute atomic E-state index is 12.6. The van der Waals surface area contributed by atoms with E-state index < -0.39 is 0 Å². The van der Waals surface area contributed by atoms with Gasteiger partial charge in [-0.25, -0.2) is 0 Å². The molecule has 0 bridgehead atoms. The highest BCUT2D eigenvalue weighted by Crippen LogP contribution is 2.39. The highest BCUT2D eigenvalue weighted by molar-refractivity contribution is 7.10. The standard InChI is InChI=1S/C16H22N2O2S/c1-18-14(19)10-12(15(18)13-8-5-9-21-13)16(20)17-11-6-3-2-4-7-11/h5,8-9,11-12,15H,2-4,6-7,10H2,1H3,(H,17,20)/t12-,15+/m1/s1. The highest BCUT2D eigenvalue weighted by Gasteiger charge is 2.43. The summed E-state index contributed by atoms with van der Waals surface area (Å²) < 4.78 is 0. The zero-order valence-electron chi connectivity index (χ0n) is 12.4. The molecule has 5 heteroatoms. The molecular formula is C16H22N2O2S. The van der Waals surface area contributed by atoms with Gasteiger partial charge in [-0.2, -0.15) is 0 Å². The van der Waals surface area contributed by atoms with Crippen molar-refractivity contribution in [2.24, 2.45) is 5.92 Å². The lowest BCUT2D eigenvalue weighted by atomic mass is 9.93. The monoisotopic (exact) mass is 306 g/mol. The number of carbonyl (C=O) groups is 2. The minimum atomic E-state index is -0.247. The molecule has 114 valence electrons. The lowest BCUT2D eigenvalue weighted by molar-refractivity contribution is -0.128. The summed E-state index contributed by atoms with van der Waals surface area (Å²) in [5, 5.41) is 5.18. The molecule has 2 fully saturated rings. The molecule has 2 atom stereocenters. The van der Waals surface area contributed by atoms with Gasteiger partial charge in [0.25, 0.3) is 0 Å². The molecule has 2 amide bonds. The Labute approximate surface area is 129 Å². The van der Waals surface area contributed by atoms with Crippen LogP contribution in [0.1, 0.15) is 49.4 Å². The van der Waals surface area contributed by atoms with E-state index in [-0.39, 0.29) is 23.8 Å². The van der Waals surface area contributed by atoms with E-state index in [1.165, 1.54) is 19.3 Å². The van der Waals surface area contributed by atoms with Crippen LogP contribution in [0.25, 0.3) is 0 Å². The van der Waals surface area contributed by atoms with E-state index >= 15 is 0 Å². The zero-order chi connectivity index (χ0) is 14.8. The molecule has 1 N–H and O–H groups in total. The predicted octanol–water partition coefficient (Wildman–Crippen LogP) is 2.72. The van der Waals surface area contributed by atoms with E-state index in [0.29, 0.717) is 12.5 Å². The topological polar surface area (TPSA) is 49.4 Å². The summed E-state index contributed by atoms with van der Waals surface area (Å²) in [6.45, 7) is 0. The van der Waals surface area contributed by atoms with E-state index in [0.717, 1.165) is 17.7 Å². The van der Waals surface area contributed by atoms with Crippen LogP contribution < -0.4 is 5.32 Å². The second kappa shape index (κ2) is 6.18. The molecule has 1 aliphatic carbocycles. The SMILES string of the molecule is CN1C(=O)C[C@@H](C(=O)NC2CCCCC2)[C@H]1c1cccs1. The maximum atomic E-state index is 12.6. The Morgan fingerprint density at radius 3 is 2.76 bits per heavy atom. The molecule has 0 unspecified atom stereocenters. The van der Waals surface area contributed by atoms with Gasteiger partial charge in [-0.1, -0.05) is 25.3 Å². The highest BCUT2D eigenvalue weighted by atomic mass is 32.1. The summed E-state index contributed by atoms with van der Waals surface area (Å²) in [5.41, 5.74) is 0.